The lowest BCUT2D eigenvalue weighted by Crippen LogP contribution is -2.56. The largest absolute Gasteiger partial charge is 0.478 e. The van der Waals surface area contributed by atoms with E-state index in [0.717, 1.165) is 9.80 Å². The second-order valence-electron chi connectivity index (χ2n) is 6.99. The second-order valence-corrected chi connectivity index (χ2v) is 6.99. The number of hydrogen-bond acceptors (Lipinski definition) is 8. The Balaban J connectivity index is 0.000000269. The Kier molecular flexibility index (Phi) is 6.59. The number of nitrogens with two attached hydrogens (primary N) is 1. The number of nitrogens with zero attached hydrogens (tertiary/aromatic N) is 3. The van der Waals surface area contributed by atoms with E-state index in [-0.39, 0.29) is 42.7 Å². The molecular weight excluding hydrogens is 420 g/mol. The number of amides is 4. The number of carboxylic acid groups (broad SMARTS) is 1. The van der Waals surface area contributed by atoms with Crippen molar-refractivity contribution in [2.45, 2.75) is 18.9 Å². The predicted molar refractivity (Wildman–Crippen MR) is 109 cm³/mol. The van der Waals surface area contributed by atoms with E-state index in [1.165, 1.54) is 36.7 Å². The van der Waals surface area contributed by atoms with Crippen LogP contribution in [0.15, 0.2) is 42.7 Å². The molecule has 4 amide bonds. The van der Waals surface area contributed by atoms with E-state index in [9.17, 15) is 24.0 Å². The first-order valence-electron chi connectivity index (χ1n) is 9.62. The number of anilines is 1. The van der Waals surface area contributed by atoms with Crippen LogP contribution in [0, 0.1) is 0 Å². The summed E-state index contributed by atoms with van der Waals surface area (Å²) in [5.74, 6) is -3.15. The van der Waals surface area contributed by atoms with Crippen molar-refractivity contribution in [1.82, 2.24) is 14.8 Å². The molecule has 0 spiro atoms. The van der Waals surface area contributed by atoms with Gasteiger partial charge in [0.25, 0.3) is 17.7 Å². The van der Waals surface area contributed by atoms with Gasteiger partial charge in [-0.3, -0.25) is 34.0 Å². The van der Waals surface area contributed by atoms with Crippen molar-refractivity contribution >= 4 is 35.3 Å². The predicted octanol–water partition coefficient (Wildman–Crippen LogP) is 0.155. The van der Waals surface area contributed by atoms with Crippen molar-refractivity contribution in [1.29, 1.82) is 0 Å². The van der Waals surface area contributed by atoms with Crippen LogP contribution in [-0.4, -0.2) is 73.8 Å². The van der Waals surface area contributed by atoms with Crippen LogP contribution >= 0.6 is 0 Å². The summed E-state index contributed by atoms with van der Waals surface area (Å²) in [4.78, 5) is 64.8. The zero-order chi connectivity index (χ0) is 23.4. The fraction of sp³-hybridized carbons (Fsp3) is 0.238. The summed E-state index contributed by atoms with van der Waals surface area (Å²) in [6.07, 6.45) is 2.96. The Bertz CT molecular complexity index is 1090. The minimum Gasteiger partial charge on any atom is -0.478 e. The summed E-state index contributed by atoms with van der Waals surface area (Å²) in [6.45, 7) is -0.521. The number of piperidine rings is 1. The summed E-state index contributed by atoms with van der Waals surface area (Å²) < 4.78 is 0. The highest BCUT2D eigenvalue weighted by Gasteiger charge is 2.46. The molecule has 2 aromatic rings. The fourth-order valence-corrected chi connectivity index (χ4v) is 3.45. The number of nitrogen functional groups attached to an aromatic ring is 1. The quantitative estimate of drug-likeness (QED) is 0.442. The number of rotatable bonds is 4. The molecule has 0 aliphatic carbocycles. The molecule has 0 saturated carbocycles. The van der Waals surface area contributed by atoms with Crippen LogP contribution in [0.25, 0.3) is 0 Å². The van der Waals surface area contributed by atoms with Gasteiger partial charge in [0.15, 0.2) is 0 Å². The summed E-state index contributed by atoms with van der Waals surface area (Å²) in [7, 11) is 0. The van der Waals surface area contributed by atoms with Crippen LogP contribution in [0.2, 0.25) is 0 Å². The lowest BCUT2D eigenvalue weighted by molar-refractivity contribution is -0.152. The molecule has 11 heteroatoms. The molecule has 11 nitrogen and oxygen atoms in total. The van der Waals surface area contributed by atoms with E-state index in [0.29, 0.717) is 5.69 Å². The van der Waals surface area contributed by atoms with Crippen LogP contribution in [0.4, 0.5) is 5.69 Å². The van der Waals surface area contributed by atoms with E-state index in [1.807, 2.05) is 0 Å². The molecule has 166 valence electrons. The summed E-state index contributed by atoms with van der Waals surface area (Å²) in [6, 6.07) is 6.41. The number of likely N-dealkylation sites (tertiary alicyclic amines) is 1. The van der Waals surface area contributed by atoms with Crippen molar-refractivity contribution in [3.63, 3.8) is 0 Å². The van der Waals surface area contributed by atoms with Gasteiger partial charge in [0.05, 0.1) is 29.8 Å². The molecule has 32 heavy (non-hydrogen) atoms. The molecule has 2 aliphatic heterocycles. The van der Waals surface area contributed by atoms with E-state index < -0.39 is 35.6 Å². The van der Waals surface area contributed by atoms with Gasteiger partial charge in [-0.1, -0.05) is 0 Å². The molecule has 1 unspecified atom stereocenters. The van der Waals surface area contributed by atoms with E-state index in [4.69, 9.17) is 15.9 Å². The number of pyridine rings is 1. The van der Waals surface area contributed by atoms with E-state index in [1.54, 1.807) is 6.07 Å². The number of aromatic nitrogens is 1. The normalized spacial score (nSPS) is 17.7. The molecule has 1 aromatic carbocycles. The number of benzene rings is 1. The van der Waals surface area contributed by atoms with Crippen molar-refractivity contribution in [3.05, 3.63) is 59.4 Å². The highest BCUT2D eigenvalue weighted by molar-refractivity contribution is 6.23. The molecular formula is C21H20N4O7. The number of hydrogen-bond donors (Lipinski definition) is 3. The minimum absolute atomic E-state index is 0.0337. The number of β-amino-alcohol motifs (C(OH)–C–C–N with tert-alkyl or cyclic N) is 1. The maximum Gasteiger partial charge on any atom is 0.337 e. The minimum atomic E-state index is -1.03. The molecule has 3 heterocycles. The third-order valence-corrected chi connectivity index (χ3v) is 4.97. The van der Waals surface area contributed by atoms with Gasteiger partial charge in [-0.05, 0) is 36.8 Å². The average Bonchev–Trinajstić information content (AvgIpc) is 3.02. The van der Waals surface area contributed by atoms with Crippen molar-refractivity contribution in [3.8, 4) is 0 Å². The first-order chi connectivity index (χ1) is 15.3. The number of carbonyl (C=O) groups is 5. The van der Waals surface area contributed by atoms with Crippen LogP contribution in [-0.2, 0) is 9.59 Å². The third kappa shape index (κ3) is 4.32. The topological polar surface area (TPSA) is 171 Å². The van der Waals surface area contributed by atoms with Gasteiger partial charge < -0.3 is 15.9 Å². The van der Waals surface area contributed by atoms with Gasteiger partial charge in [-0.2, -0.15) is 0 Å². The number of carbonyl (C=O) groups excluding carboxylic acids is 4. The smallest absolute Gasteiger partial charge is 0.337 e. The lowest BCUT2D eigenvalue weighted by atomic mass is 10.0. The van der Waals surface area contributed by atoms with E-state index >= 15 is 0 Å². The molecule has 2 aliphatic rings. The van der Waals surface area contributed by atoms with Gasteiger partial charge in [0.1, 0.15) is 6.04 Å². The first-order valence-corrected chi connectivity index (χ1v) is 9.62. The standard InChI is InChI=1S/C15H15N3O5.C6H5NO2/c16-8-1-2-9-10(7-8)14(22)18(13(9)21)11-3-4-12(20)17(5-6-19)15(11)23;8-6(9)5-2-1-3-7-4-5/h1-2,7,11,19H,3-6,16H2;1-4H,(H,8,9). The monoisotopic (exact) mass is 440 g/mol. The molecule has 0 bridgehead atoms. The Hall–Kier alpha value is -4.12. The second kappa shape index (κ2) is 9.35. The molecule has 0 radical (unpaired) electrons. The number of imide groups is 2. The Labute approximate surface area is 182 Å². The van der Waals surface area contributed by atoms with Crippen LogP contribution in [0.1, 0.15) is 43.9 Å². The van der Waals surface area contributed by atoms with Crippen LogP contribution in [0.3, 0.4) is 0 Å². The highest BCUT2D eigenvalue weighted by atomic mass is 16.4. The number of carboxylic acids is 1. The van der Waals surface area contributed by atoms with Gasteiger partial charge in [-0.15, -0.1) is 0 Å². The fourth-order valence-electron chi connectivity index (χ4n) is 3.45. The van der Waals surface area contributed by atoms with Gasteiger partial charge in [0.2, 0.25) is 5.91 Å². The molecule has 1 atom stereocenters. The Morgan fingerprint density at radius 1 is 1.12 bits per heavy atom. The lowest BCUT2D eigenvalue weighted by Gasteiger charge is -2.34. The molecule has 4 N–H and O–H groups in total. The summed E-state index contributed by atoms with van der Waals surface area (Å²) in [5, 5.41) is 17.3. The molecule has 1 fully saturated rings. The Morgan fingerprint density at radius 3 is 2.44 bits per heavy atom. The third-order valence-electron chi connectivity index (χ3n) is 4.97. The summed E-state index contributed by atoms with van der Waals surface area (Å²) in [5.41, 5.74) is 6.56. The van der Waals surface area contributed by atoms with Gasteiger partial charge in [-0.25, -0.2) is 4.79 Å². The SMILES string of the molecule is Nc1ccc2c(c1)C(=O)N(C1CCC(=O)N(CCO)C1=O)C2=O.O=C(O)c1cccnc1. The Morgan fingerprint density at radius 2 is 1.84 bits per heavy atom. The van der Waals surface area contributed by atoms with Crippen molar-refractivity contribution < 1.29 is 34.2 Å². The number of aliphatic hydroxyl groups excluding tert-OH is 1. The summed E-state index contributed by atoms with van der Waals surface area (Å²) >= 11 is 0. The number of aromatic carboxylic acids is 1. The zero-order valence-corrected chi connectivity index (χ0v) is 16.8. The van der Waals surface area contributed by atoms with Gasteiger partial charge in [0, 0.05) is 24.5 Å². The maximum atomic E-state index is 12.5. The zero-order valence-electron chi connectivity index (χ0n) is 16.8. The molecule has 1 aromatic heterocycles. The highest BCUT2D eigenvalue weighted by Crippen LogP contribution is 2.30. The van der Waals surface area contributed by atoms with Gasteiger partial charge >= 0.3 is 5.97 Å². The van der Waals surface area contributed by atoms with Crippen molar-refractivity contribution in [2.24, 2.45) is 0 Å². The molecule has 4 rings (SSSR count). The van der Waals surface area contributed by atoms with Crippen LogP contribution < -0.4 is 5.73 Å². The molecule has 1 saturated heterocycles. The number of aliphatic hydroxyl groups is 1. The maximum absolute atomic E-state index is 12.5. The van der Waals surface area contributed by atoms with Crippen LogP contribution in [0.5, 0.6) is 0 Å². The van der Waals surface area contributed by atoms with E-state index in [2.05, 4.69) is 4.98 Å². The average molecular weight is 440 g/mol. The first kappa shape index (κ1) is 22.6. The number of fused-ring (bicyclic) bond motifs is 1. The van der Waals surface area contributed by atoms with Crippen molar-refractivity contribution in [2.75, 3.05) is 18.9 Å².